The summed E-state index contributed by atoms with van der Waals surface area (Å²) in [4.78, 5) is 0. The lowest BCUT2D eigenvalue weighted by Crippen LogP contribution is -2.27. The fourth-order valence-corrected chi connectivity index (χ4v) is 3.24. The van der Waals surface area contributed by atoms with Gasteiger partial charge in [0.1, 0.15) is 0 Å². The molecule has 0 saturated carbocycles. The normalized spacial score (nSPS) is 11.6. The quantitative estimate of drug-likeness (QED) is 0.558. The van der Waals surface area contributed by atoms with Gasteiger partial charge in [0.05, 0.1) is 0 Å². The minimum Gasteiger partial charge on any atom is -0.397 e. The zero-order chi connectivity index (χ0) is 10.8. The van der Waals surface area contributed by atoms with Crippen molar-refractivity contribution in [3.8, 4) is 0 Å². The van der Waals surface area contributed by atoms with E-state index in [0.717, 1.165) is 38.8 Å². The lowest BCUT2D eigenvalue weighted by molar-refractivity contribution is 0.258. The van der Waals surface area contributed by atoms with Gasteiger partial charge in [-0.05, 0) is 38.8 Å². The highest BCUT2D eigenvalue weighted by atomic mass is 28.3. The Hall–Kier alpha value is 0.0569. The molecule has 0 aromatic carbocycles. The molecule has 0 fully saturated rings. The Morgan fingerprint density at radius 1 is 1.00 bits per heavy atom. The topological polar surface area (TPSA) is 70.5 Å². The highest BCUT2D eigenvalue weighted by Crippen LogP contribution is 2.23. The van der Waals surface area contributed by atoms with Crippen molar-refractivity contribution in [2.45, 2.75) is 31.2 Å². The first-order valence-electron chi connectivity index (χ1n) is 5.15. The SMILES string of the molecule is CO[Si](OC)C(CCCN)CCCN. The average molecular weight is 219 g/mol. The third kappa shape index (κ3) is 5.72. The summed E-state index contributed by atoms with van der Waals surface area (Å²) in [6.45, 7) is 1.48. The maximum atomic E-state index is 5.49. The monoisotopic (exact) mass is 219 g/mol. The van der Waals surface area contributed by atoms with Crippen LogP contribution in [0.15, 0.2) is 0 Å². The first kappa shape index (κ1) is 14.1. The lowest BCUT2D eigenvalue weighted by atomic mass is 10.1. The van der Waals surface area contributed by atoms with Crippen LogP contribution < -0.4 is 11.5 Å². The molecule has 0 spiro atoms. The van der Waals surface area contributed by atoms with Crippen molar-refractivity contribution in [1.82, 2.24) is 0 Å². The molecule has 0 aromatic heterocycles. The van der Waals surface area contributed by atoms with Crippen LogP contribution in [0.4, 0.5) is 0 Å². The van der Waals surface area contributed by atoms with E-state index in [1.54, 1.807) is 14.2 Å². The third-order valence-electron chi connectivity index (χ3n) is 2.25. The van der Waals surface area contributed by atoms with Gasteiger partial charge in [-0.3, -0.25) is 0 Å². The molecule has 85 valence electrons. The lowest BCUT2D eigenvalue weighted by Gasteiger charge is -2.20. The van der Waals surface area contributed by atoms with E-state index in [2.05, 4.69) is 0 Å². The van der Waals surface area contributed by atoms with Gasteiger partial charge < -0.3 is 20.3 Å². The van der Waals surface area contributed by atoms with E-state index in [4.69, 9.17) is 20.3 Å². The Morgan fingerprint density at radius 3 is 1.71 bits per heavy atom. The van der Waals surface area contributed by atoms with Crippen molar-refractivity contribution >= 4 is 9.28 Å². The molecular formula is C9H23N2O2Si. The Balaban J connectivity index is 3.92. The summed E-state index contributed by atoms with van der Waals surface area (Å²) in [5.74, 6) is 0. The molecule has 0 aliphatic carbocycles. The highest BCUT2D eigenvalue weighted by molar-refractivity contribution is 6.46. The first-order chi connectivity index (χ1) is 6.79. The summed E-state index contributed by atoms with van der Waals surface area (Å²) < 4.78 is 10.7. The Bertz CT molecular complexity index is 115. The number of nitrogens with two attached hydrogens (primary N) is 2. The smallest absolute Gasteiger partial charge is 0.387 e. The molecule has 0 bridgehead atoms. The minimum atomic E-state index is -1.12. The summed E-state index contributed by atoms with van der Waals surface area (Å²) in [6, 6.07) is 0. The van der Waals surface area contributed by atoms with Crippen molar-refractivity contribution in [2.75, 3.05) is 27.3 Å². The van der Waals surface area contributed by atoms with Crippen LogP contribution in [0.2, 0.25) is 5.54 Å². The summed E-state index contributed by atoms with van der Waals surface area (Å²) in [6.07, 6.45) is 4.26. The fraction of sp³-hybridized carbons (Fsp3) is 1.00. The van der Waals surface area contributed by atoms with Gasteiger partial charge >= 0.3 is 9.28 Å². The average Bonchev–Trinajstić information content (AvgIpc) is 2.22. The Morgan fingerprint density at radius 2 is 1.43 bits per heavy atom. The predicted octanol–water partition coefficient (Wildman–Crippen LogP) is 0.615. The minimum absolute atomic E-state index is 0.516. The molecule has 4 nitrogen and oxygen atoms in total. The van der Waals surface area contributed by atoms with Gasteiger partial charge in [0.25, 0.3) is 0 Å². The summed E-state index contributed by atoms with van der Waals surface area (Å²) in [7, 11) is 2.32. The van der Waals surface area contributed by atoms with Crippen molar-refractivity contribution < 1.29 is 8.85 Å². The van der Waals surface area contributed by atoms with Crippen LogP contribution >= 0.6 is 0 Å². The summed E-state index contributed by atoms with van der Waals surface area (Å²) in [5, 5.41) is 0. The van der Waals surface area contributed by atoms with Crippen LogP contribution in [0, 0.1) is 0 Å². The summed E-state index contributed by atoms with van der Waals surface area (Å²) >= 11 is 0. The van der Waals surface area contributed by atoms with Gasteiger partial charge in [0.2, 0.25) is 0 Å². The zero-order valence-electron chi connectivity index (χ0n) is 9.29. The van der Waals surface area contributed by atoms with E-state index in [0.29, 0.717) is 5.54 Å². The van der Waals surface area contributed by atoms with E-state index in [9.17, 15) is 0 Å². The van der Waals surface area contributed by atoms with Crippen LogP contribution in [0.5, 0.6) is 0 Å². The van der Waals surface area contributed by atoms with Crippen LogP contribution in [0.25, 0.3) is 0 Å². The van der Waals surface area contributed by atoms with Gasteiger partial charge in [-0.25, -0.2) is 0 Å². The molecule has 0 amide bonds. The van der Waals surface area contributed by atoms with Crippen molar-refractivity contribution in [1.29, 1.82) is 0 Å². The van der Waals surface area contributed by atoms with Gasteiger partial charge in [0, 0.05) is 19.8 Å². The molecule has 0 aliphatic heterocycles. The molecule has 0 unspecified atom stereocenters. The molecule has 0 saturated heterocycles. The fourth-order valence-electron chi connectivity index (χ4n) is 1.53. The second-order valence-corrected chi connectivity index (χ2v) is 5.56. The van der Waals surface area contributed by atoms with Crippen LogP contribution in [0.3, 0.4) is 0 Å². The molecule has 1 radical (unpaired) electrons. The van der Waals surface area contributed by atoms with Gasteiger partial charge in [-0.2, -0.15) is 0 Å². The van der Waals surface area contributed by atoms with Gasteiger partial charge in [0.15, 0.2) is 0 Å². The van der Waals surface area contributed by atoms with Crippen LogP contribution in [-0.4, -0.2) is 36.6 Å². The number of hydrogen-bond acceptors (Lipinski definition) is 4. The molecule has 0 atom stereocenters. The van der Waals surface area contributed by atoms with Crippen LogP contribution in [-0.2, 0) is 8.85 Å². The van der Waals surface area contributed by atoms with Gasteiger partial charge in [-0.1, -0.05) is 0 Å². The predicted molar refractivity (Wildman–Crippen MR) is 60.1 cm³/mol. The molecule has 0 rings (SSSR count). The molecular weight excluding hydrogens is 196 g/mol. The van der Waals surface area contributed by atoms with Crippen LogP contribution in [0.1, 0.15) is 25.7 Å². The van der Waals surface area contributed by atoms with Crippen molar-refractivity contribution in [3.63, 3.8) is 0 Å². The maximum Gasteiger partial charge on any atom is 0.387 e. The molecule has 0 heterocycles. The number of hydrogen-bond donors (Lipinski definition) is 2. The van der Waals surface area contributed by atoms with E-state index >= 15 is 0 Å². The molecule has 4 N–H and O–H groups in total. The molecule has 5 heteroatoms. The van der Waals surface area contributed by atoms with Crippen molar-refractivity contribution in [3.05, 3.63) is 0 Å². The first-order valence-corrected chi connectivity index (χ1v) is 6.54. The standard InChI is InChI=1S/C9H23N2O2Si/c1-12-14(13-2)9(5-3-7-10)6-4-8-11/h9H,3-8,10-11H2,1-2H3. The Kier molecular flexibility index (Phi) is 9.64. The molecule has 0 aliphatic rings. The van der Waals surface area contributed by atoms with E-state index in [-0.39, 0.29) is 0 Å². The Labute approximate surface area is 88.8 Å². The zero-order valence-corrected chi connectivity index (χ0v) is 10.3. The van der Waals surface area contributed by atoms with E-state index in [1.807, 2.05) is 0 Å². The van der Waals surface area contributed by atoms with E-state index < -0.39 is 9.28 Å². The molecule has 14 heavy (non-hydrogen) atoms. The summed E-state index contributed by atoms with van der Waals surface area (Å²) in [5.41, 5.74) is 11.5. The number of rotatable bonds is 9. The van der Waals surface area contributed by atoms with Crippen molar-refractivity contribution in [2.24, 2.45) is 11.5 Å². The van der Waals surface area contributed by atoms with E-state index in [1.165, 1.54) is 0 Å². The largest absolute Gasteiger partial charge is 0.397 e. The second-order valence-electron chi connectivity index (χ2n) is 3.29. The molecule has 0 aromatic rings. The highest BCUT2D eigenvalue weighted by Gasteiger charge is 2.25. The maximum absolute atomic E-state index is 5.49. The second kappa shape index (κ2) is 9.61. The van der Waals surface area contributed by atoms with Gasteiger partial charge in [-0.15, -0.1) is 0 Å². The third-order valence-corrected chi connectivity index (χ3v) is 4.30.